The smallest absolute Gasteiger partial charge is 0.254 e. The Hall–Kier alpha value is -4.34. The van der Waals surface area contributed by atoms with E-state index in [0.29, 0.717) is 23.1 Å². The van der Waals surface area contributed by atoms with E-state index in [1.54, 1.807) is 12.3 Å². The number of anilines is 4. The lowest BCUT2D eigenvalue weighted by Gasteiger charge is -2.25. The van der Waals surface area contributed by atoms with E-state index in [-0.39, 0.29) is 11.6 Å². The zero-order valence-electron chi connectivity index (χ0n) is 17.2. The molecule has 0 saturated carbocycles. The fourth-order valence-electron chi connectivity index (χ4n) is 3.58. The molecule has 10 heteroatoms. The Labute approximate surface area is 184 Å². The highest BCUT2D eigenvalue weighted by molar-refractivity contribution is 6.14. The van der Waals surface area contributed by atoms with Crippen molar-refractivity contribution in [1.29, 1.82) is 5.41 Å². The molecule has 1 aromatic carbocycles. The lowest BCUT2D eigenvalue weighted by Crippen LogP contribution is -2.21. The van der Waals surface area contributed by atoms with Crippen LogP contribution in [0.25, 0.3) is 0 Å². The van der Waals surface area contributed by atoms with E-state index in [1.807, 2.05) is 24.3 Å². The molecule has 2 aromatic heterocycles. The van der Waals surface area contributed by atoms with E-state index >= 15 is 0 Å². The Morgan fingerprint density at radius 2 is 2.09 bits per heavy atom. The first-order valence-corrected chi connectivity index (χ1v) is 10.2. The van der Waals surface area contributed by atoms with Gasteiger partial charge in [-0.05, 0) is 49.1 Å². The van der Waals surface area contributed by atoms with Crippen LogP contribution >= 0.6 is 0 Å². The molecule has 1 atom stereocenters. The molecule has 1 unspecified atom stereocenters. The van der Waals surface area contributed by atoms with Crippen LogP contribution in [0.1, 0.15) is 40.5 Å². The minimum absolute atomic E-state index is 0.00791. The number of benzene rings is 1. The molecule has 0 radical (unpaired) electrons. The average molecular weight is 429 g/mol. The molecule has 162 valence electrons. The molecule has 0 bridgehead atoms. The quantitative estimate of drug-likeness (QED) is 0.272. The predicted octanol–water partition coefficient (Wildman–Crippen LogP) is 3.25. The molecular weight excluding hydrogens is 406 g/mol. The number of pyridine rings is 1. The van der Waals surface area contributed by atoms with E-state index in [2.05, 4.69) is 42.2 Å². The van der Waals surface area contributed by atoms with Crippen LogP contribution in [0.15, 0.2) is 53.9 Å². The van der Waals surface area contributed by atoms with Gasteiger partial charge in [0.1, 0.15) is 11.4 Å². The standard InChI is InChI=1S/C22H23N9O/c23-9-11-27-31-16-7-2-6-15(12-16)28-21-17(20(24)32)13-26-22(30-21)29-18-8-1-4-14-5-3-10-25-19(14)18/h2-3,5-7,9-13,18,23,31H,1,4,8H2,(H2,24,32)(H2,26,28,29,30)/b23-9?,27-11-. The van der Waals surface area contributed by atoms with E-state index in [4.69, 9.17) is 11.1 Å². The molecule has 1 aliphatic carbocycles. The molecule has 2 heterocycles. The Balaban J connectivity index is 1.58. The SMILES string of the molecule is N=C/C=N\Nc1cccc(Nc2nc(NC3CCCc4cccnc43)ncc2C(N)=O)c1. The van der Waals surface area contributed by atoms with Gasteiger partial charge in [0.2, 0.25) is 5.95 Å². The number of carbonyl (C=O) groups excluding carboxylic acids is 1. The topological polar surface area (TPSA) is 154 Å². The summed E-state index contributed by atoms with van der Waals surface area (Å²) in [6.45, 7) is 0. The second kappa shape index (κ2) is 9.65. The third-order valence-electron chi connectivity index (χ3n) is 5.02. The first-order valence-electron chi connectivity index (χ1n) is 10.2. The van der Waals surface area contributed by atoms with Crippen molar-refractivity contribution in [2.45, 2.75) is 25.3 Å². The number of rotatable bonds is 8. The summed E-state index contributed by atoms with van der Waals surface area (Å²) in [5.74, 6) is 0.0478. The first-order chi connectivity index (χ1) is 15.6. The maximum Gasteiger partial charge on any atom is 0.254 e. The largest absolute Gasteiger partial charge is 0.365 e. The number of aromatic nitrogens is 3. The number of nitrogens with zero attached hydrogens (tertiary/aromatic N) is 4. The molecule has 0 fully saturated rings. The van der Waals surface area contributed by atoms with Crippen molar-refractivity contribution >= 4 is 41.5 Å². The van der Waals surface area contributed by atoms with Gasteiger partial charge >= 0.3 is 0 Å². The van der Waals surface area contributed by atoms with E-state index in [1.165, 1.54) is 18.0 Å². The van der Waals surface area contributed by atoms with E-state index in [0.717, 1.165) is 31.2 Å². The zero-order valence-corrected chi connectivity index (χ0v) is 17.2. The normalized spacial score (nSPS) is 15.1. The first kappa shape index (κ1) is 20.9. The molecule has 1 aliphatic rings. The van der Waals surface area contributed by atoms with Gasteiger partial charge in [-0.15, -0.1) is 0 Å². The highest BCUT2D eigenvalue weighted by Gasteiger charge is 2.22. The number of fused-ring (bicyclic) bond motifs is 1. The second-order valence-corrected chi connectivity index (χ2v) is 7.22. The number of hydrogen-bond acceptors (Lipinski definition) is 9. The van der Waals surface area contributed by atoms with Gasteiger partial charge in [0.05, 0.1) is 23.6 Å². The number of hydrazone groups is 1. The van der Waals surface area contributed by atoms with Gasteiger partial charge in [0, 0.05) is 24.3 Å². The van der Waals surface area contributed by atoms with Gasteiger partial charge < -0.3 is 21.8 Å². The number of aryl methyl sites for hydroxylation is 1. The van der Waals surface area contributed by atoms with Crippen LogP contribution < -0.4 is 21.8 Å². The van der Waals surface area contributed by atoms with Gasteiger partial charge in [0.15, 0.2) is 0 Å². The summed E-state index contributed by atoms with van der Waals surface area (Å²) in [5.41, 5.74) is 12.1. The van der Waals surface area contributed by atoms with Gasteiger partial charge in [-0.2, -0.15) is 10.1 Å². The van der Waals surface area contributed by atoms with Crippen molar-refractivity contribution in [3.63, 3.8) is 0 Å². The Morgan fingerprint density at radius 3 is 2.94 bits per heavy atom. The van der Waals surface area contributed by atoms with Crippen LogP contribution in [0.2, 0.25) is 0 Å². The Bertz CT molecular complexity index is 1160. The van der Waals surface area contributed by atoms with Crippen LogP contribution in [-0.2, 0) is 6.42 Å². The van der Waals surface area contributed by atoms with Crippen molar-refractivity contribution in [1.82, 2.24) is 15.0 Å². The van der Waals surface area contributed by atoms with Crippen LogP contribution in [-0.4, -0.2) is 33.3 Å². The third kappa shape index (κ3) is 4.86. The van der Waals surface area contributed by atoms with Crippen LogP contribution in [0.5, 0.6) is 0 Å². The summed E-state index contributed by atoms with van der Waals surface area (Å²) >= 11 is 0. The lowest BCUT2D eigenvalue weighted by molar-refractivity contribution is 0.100. The summed E-state index contributed by atoms with van der Waals surface area (Å²) in [6.07, 6.45) is 8.56. The Morgan fingerprint density at radius 1 is 1.22 bits per heavy atom. The van der Waals surface area contributed by atoms with Crippen LogP contribution in [0, 0.1) is 5.41 Å². The number of primary amides is 1. The van der Waals surface area contributed by atoms with E-state index in [9.17, 15) is 4.79 Å². The second-order valence-electron chi connectivity index (χ2n) is 7.22. The summed E-state index contributed by atoms with van der Waals surface area (Å²) in [6, 6.07) is 11.3. The maximum absolute atomic E-state index is 11.9. The average Bonchev–Trinajstić information content (AvgIpc) is 2.80. The fourth-order valence-corrected chi connectivity index (χ4v) is 3.58. The van der Waals surface area contributed by atoms with Gasteiger partial charge in [-0.1, -0.05) is 12.1 Å². The number of nitrogens with one attached hydrogen (secondary N) is 4. The predicted molar refractivity (Wildman–Crippen MR) is 125 cm³/mol. The van der Waals surface area contributed by atoms with Crippen molar-refractivity contribution in [3.8, 4) is 0 Å². The Kier molecular flexibility index (Phi) is 6.30. The molecule has 0 spiro atoms. The fraction of sp³-hybridized carbons (Fsp3) is 0.182. The molecule has 10 nitrogen and oxygen atoms in total. The summed E-state index contributed by atoms with van der Waals surface area (Å²) in [4.78, 5) is 25.3. The number of hydrogen-bond donors (Lipinski definition) is 5. The number of carbonyl (C=O) groups is 1. The van der Waals surface area contributed by atoms with Crippen LogP contribution in [0.3, 0.4) is 0 Å². The molecule has 0 saturated heterocycles. The van der Waals surface area contributed by atoms with Gasteiger partial charge in [-0.25, -0.2) is 4.98 Å². The third-order valence-corrected chi connectivity index (χ3v) is 5.02. The highest BCUT2D eigenvalue weighted by atomic mass is 16.1. The maximum atomic E-state index is 11.9. The van der Waals surface area contributed by atoms with Crippen molar-refractivity contribution in [2.75, 3.05) is 16.1 Å². The molecule has 32 heavy (non-hydrogen) atoms. The van der Waals surface area contributed by atoms with Gasteiger partial charge in [-0.3, -0.25) is 15.2 Å². The lowest BCUT2D eigenvalue weighted by atomic mass is 9.92. The number of amides is 1. The molecule has 4 rings (SSSR count). The van der Waals surface area contributed by atoms with Crippen molar-refractivity contribution < 1.29 is 4.79 Å². The molecule has 0 aliphatic heterocycles. The zero-order chi connectivity index (χ0) is 22.3. The summed E-state index contributed by atoms with van der Waals surface area (Å²) < 4.78 is 0. The summed E-state index contributed by atoms with van der Waals surface area (Å²) in [5, 5.41) is 17.4. The summed E-state index contributed by atoms with van der Waals surface area (Å²) in [7, 11) is 0. The minimum Gasteiger partial charge on any atom is -0.365 e. The molecule has 3 aromatic rings. The minimum atomic E-state index is -0.631. The highest BCUT2D eigenvalue weighted by Crippen LogP contribution is 2.30. The molecule has 1 amide bonds. The number of nitrogens with two attached hydrogens (primary N) is 1. The monoisotopic (exact) mass is 429 g/mol. The van der Waals surface area contributed by atoms with Gasteiger partial charge in [0.25, 0.3) is 5.91 Å². The van der Waals surface area contributed by atoms with Crippen molar-refractivity contribution in [3.05, 3.63) is 65.6 Å². The van der Waals surface area contributed by atoms with Crippen molar-refractivity contribution in [2.24, 2.45) is 10.8 Å². The van der Waals surface area contributed by atoms with E-state index < -0.39 is 5.91 Å². The molecule has 6 N–H and O–H groups in total. The molecular formula is C22H23N9O. The van der Waals surface area contributed by atoms with Crippen LogP contribution in [0.4, 0.5) is 23.1 Å².